The summed E-state index contributed by atoms with van der Waals surface area (Å²) >= 11 is 1.31. The molecule has 0 saturated carbocycles. The molecule has 0 fully saturated rings. The molecule has 1 aliphatic rings. The van der Waals surface area contributed by atoms with Gasteiger partial charge in [-0.05, 0) is 12.7 Å². The topological polar surface area (TPSA) is 61.0 Å². The Kier molecular flexibility index (Phi) is 2.28. The molecule has 0 saturated heterocycles. The fourth-order valence-electron chi connectivity index (χ4n) is 1.51. The summed E-state index contributed by atoms with van der Waals surface area (Å²) in [4.78, 5) is 10.5. The Bertz CT molecular complexity index is 411. The number of nitro groups is 1. The molecule has 0 unspecified atom stereocenters. The number of rotatable bonds is 2. The van der Waals surface area contributed by atoms with Crippen molar-refractivity contribution in [3.05, 3.63) is 21.9 Å². The minimum Gasteiger partial charge on any atom is -0.258 e. The lowest BCUT2D eigenvalue weighted by Gasteiger charge is -2.04. The second kappa shape index (κ2) is 3.45. The van der Waals surface area contributed by atoms with E-state index in [0.717, 1.165) is 6.42 Å². The van der Waals surface area contributed by atoms with E-state index in [2.05, 4.69) is 5.10 Å². The first-order chi connectivity index (χ1) is 6.74. The van der Waals surface area contributed by atoms with Gasteiger partial charge in [-0.15, -0.1) is 11.8 Å². The van der Waals surface area contributed by atoms with Crippen molar-refractivity contribution in [1.29, 1.82) is 0 Å². The van der Waals surface area contributed by atoms with Crippen molar-refractivity contribution in [3.8, 4) is 0 Å². The van der Waals surface area contributed by atoms with Crippen LogP contribution in [0.4, 0.5) is 5.69 Å². The van der Waals surface area contributed by atoms with E-state index in [-0.39, 0.29) is 10.6 Å². The van der Waals surface area contributed by atoms with Crippen LogP contribution in [0.1, 0.15) is 12.1 Å². The molecule has 0 aliphatic carbocycles. The fourth-order valence-corrected chi connectivity index (χ4v) is 2.06. The normalized spacial score (nSPS) is 14.1. The first-order valence-electron chi connectivity index (χ1n) is 4.20. The van der Waals surface area contributed by atoms with E-state index in [9.17, 15) is 10.1 Å². The summed E-state index contributed by atoms with van der Waals surface area (Å²) in [5, 5.41) is 15.5. The number of aromatic nitrogens is 2. The number of fused-ring (bicyclic) bond motifs is 1. The monoisotopic (exact) mass is 211 g/mol. The summed E-state index contributed by atoms with van der Waals surface area (Å²) in [6.07, 6.45) is 7.09. The molecule has 1 aliphatic heterocycles. The van der Waals surface area contributed by atoms with Crippen LogP contribution in [0, 0.1) is 10.1 Å². The average molecular weight is 211 g/mol. The molecule has 0 N–H and O–H groups in total. The van der Waals surface area contributed by atoms with Gasteiger partial charge in [0, 0.05) is 12.6 Å². The zero-order chi connectivity index (χ0) is 10.1. The van der Waals surface area contributed by atoms with Gasteiger partial charge in [0.1, 0.15) is 5.69 Å². The van der Waals surface area contributed by atoms with E-state index in [1.165, 1.54) is 11.8 Å². The van der Waals surface area contributed by atoms with Crippen molar-refractivity contribution in [2.45, 2.75) is 17.9 Å². The maximum absolute atomic E-state index is 10.8. The van der Waals surface area contributed by atoms with Gasteiger partial charge < -0.3 is 0 Å². The van der Waals surface area contributed by atoms with E-state index < -0.39 is 0 Å². The molecular weight excluding hydrogens is 202 g/mol. The Morgan fingerprint density at radius 1 is 1.71 bits per heavy atom. The first-order valence-corrected chi connectivity index (χ1v) is 5.43. The Labute approximate surface area is 84.9 Å². The molecule has 2 heterocycles. The molecular formula is C8H9N3O2S. The SMILES string of the molecule is CSc1nn2c(c1[N+](=O)[O-])CCC=C2. The van der Waals surface area contributed by atoms with Gasteiger partial charge in [-0.3, -0.25) is 10.1 Å². The zero-order valence-corrected chi connectivity index (χ0v) is 8.45. The minimum atomic E-state index is -0.343. The number of allylic oxidation sites excluding steroid dienone is 1. The Morgan fingerprint density at radius 2 is 2.50 bits per heavy atom. The summed E-state index contributed by atoms with van der Waals surface area (Å²) in [7, 11) is 0. The van der Waals surface area contributed by atoms with Crippen LogP contribution >= 0.6 is 11.8 Å². The summed E-state index contributed by atoms with van der Waals surface area (Å²) in [6, 6.07) is 0. The van der Waals surface area contributed by atoms with Crippen molar-refractivity contribution < 1.29 is 4.92 Å². The number of hydrogen-bond acceptors (Lipinski definition) is 4. The third kappa shape index (κ3) is 1.31. The lowest BCUT2D eigenvalue weighted by atomic mass is 10.2. The van der Waals surface area contributed by atoms with Gasteiger partial charge in [0.25, 0.3) is 0 Å². The van der Waals surface area contributed by atoms with Crippen LogP contribution in [0.3, 0.4) is 0 Å². The van der Waals surface area contributed by atoms with Gasteiger partial charge in [0.15, 0.2) is 5.03 Å². The Balaban J connectivity index is 2.60. The quantitative estimate of drug-likeness (QED) is 0.426. The van der Waals surface area contributed by atoms with Crippen molar-refractivity contribution in [2.24, 2.45) is 0 Å². The molecule has 74 valence electrons. The van der Waals surface area contributed by atoms with Crippen LogP contribution in [-0.2, 0) is 6.42 Å². The summed E-state index contributed by atoms with van der Waals surface area (Å²) in [5.74, 6) is 0. The molecule has 0 atom stereocenters. The van der Waals surface area contributed by atoms with Crippen molar-refractivity contribution >= 4 is 23.6 Å². The Hall–Kier alpha value is -1.30. The highest BCUT2D eigenvalue weighted by molar-refractivity contribution is 7.98. The van der Waals surface area contributed by atoms with Gasteiger partial charge in [0.2, 0.25) is 0 Å². The maximum atomic E-state index is 10.8. The van der Waals surface area contributed by atoms with Crippen LogP contribution in [0.2, 0.25) is 0 Å². The second-order valence-electron chi connectivity index (χ2n) is 2.93. The predicted octanol–water partition coefficient (Wildman–Crippen LogP) is 1.93. The summed E-state index contributed by atoms with van der Waals surface area (Å²) < 4.78 is 1.60. The average Bonchev–Trinajstić information content (AvgIpc) is 2.55. The highest BCUT2D eigenvalue weighted by Crippen LogP contribution is 2.32. The molecule has 0 bridgehead atoms. The first kappa shape index (κ1) is 9.26. The van der Waals surface area contributed by atoms with Crippen LogP contribution in [0.5, 0.6) is 0 Å². The van der Waals surface area contributed by atoms with Crippen molar-refractivity contribution in [2.75, 3.05) is 6.26 Å². The van der Waals surface area contributed by atoms with E-state index in [1.807, 2.05) is 6.08 Å². The molecule has 5 nitrogen and oxygen atoms in total. The Morgan fingerprint density at radius 3 is 3.14 bits per heavy atom. The molecule has 6 heteroatoms. The smallest absolute Gasteiger partial charge is 0.258 e. The van der Waals surface area contributed by atoms with E-state index >= 15 is 0 Å². The molecule has 2 rings (SSSR count). The molecule has 0 aromatic carbocycles. The largest absolute Gasteiger partial charge is 0.324 e. The van der Waals surface area contributed by atoms with E-state index in [1.54, 1.807) is 17.1 Å². The van der Waals surface area contributed by atoms with Crippen LogP contribution < -0.4 is 0 Å². The predicted molar refractivity (Wildman–Crippen MR) is 54.3 cm³/mol. The molecule has 1 aromatic heterocycles. The lowest BCUT2D eigenvalue weighted by Crippen LogP contribution is -2.03. The minimum absolute atomic E-state index is 0.168. The zero-order valence-electron chi connectivity index (χ0n) is 7.64. The molecule has 0 amide bonds. The van der Waals surface area contributed by atoms with E-state index in [0.29, 0.717) is 17.1 Å². The maximum Gasteiger partial charge on any atom is 0.324 e. The van der Waals surface area contributed by atoms with E-state index in [4.69, 9.17) is 0 Å². The fraction of sp³-hybridized carbons (Fsp3) is 0.375. The molecule has 0 spiro atoms. The lowest BCUT2D eigenvalue weighted by molar-refractivity contribution is -0.388. The highest BCUT2D eigenvalue weighted by atomic mass is 32.2. The molecule has 1 aromatic rings. The van der Waals surface area contributed by atoms with Gasteiger partial charge in [-0.1, -0.05) is 6.08 Å². The molecule has 0 radical (unpaired) electrons. The third-order valence-electron chi connectivity index (χ3n) is 2.12. The van der Waals surface area contributed by atoms with Gasteiger partial charge in [-0.2, -0.15) is 5.10 Å². The second-order valence-corrected chi connectivity index (χ2v) is 3.72. The van der Waals surface area contributed by atoms with Crippen molar-refractivity contribution in [3.63, 3.8) is 0 Å². The van der Waals surface area contributed by atoms with Crippen LogP contribution in [0.15, 0.2) is 11.1 Å². The van der Waals surface area contributed by atoms with Crippen molar-refractivity contribution in [1.82, 2.24) is 9.78 Å². The highest BCUT2D eigenvalue weighted by Gasteiger charge is 2.26. The summed E-state index contributed by atoms with van der Waals surface area (Å²) in [6.45, 7) is 0. The standard InChI is InChI=1S/C8H9N3O2S/c1-14-8-7(11(12)13)6-4-2-3-5-10(6)9-8/h3,5H,2,4H2,1H3. The number of thioether (sulfide) groups is 1. The van der Waals surface area contributed by atoms with Gasteiger partial charge >= 0.3 is 5.69 Å². The number of nitrogens with zero attached hydrogens (tertiary/aromatic N) is 3. The van der Waals surface area contributed by atoms with Gasteiger partial charge in [-0.25, -0.2) is 4.68 Å². The summed E-state index contributed by atoms with van der Waals surface area (Å²) in [5.41, 5.74) is 0.878. The van der Waals surface area contributed by atoms with Gasteiger partial charge in [0.05, 0.1) is 4.92 Å². The van der Waals surface area contributed by atoms with Crippen LogP contribution in [0.25, 0.3) is 6.20 Å². The molecule has 14 heavy (non-hydrogen) atoms. The third-order valence-corrected chi connectivity index (χ3v) is 2.78. The van der Waals surface area contributed by atoms with Crippen LogP contribution in [-0.4, -0.2) is 21.0 Å². The number of hydrogen-bond donors (Lipinski definition) is 0.